The smallest absolute Gasteiger partial charge is 0.0628 e. The van der Waals surface area contributed by atoms with E-state index in [2.05, 4.69) is 5.10 Å². The maximum Gasteiger partial charge on any atom is 0.0628 e. The molecule has 1 rings (SSSR count). The van der Waals surface area contributed by atoms with Crippen molar-refractivity contribution in [2.24, 2.45) is 0 Å². The summed E-state index contributed by atoms with van der Waals surface area (Å²) in [6.45, 7) is 4.72. The van der Waals surface area contributed by atoms with E-state index in [1.54, 1.807) is 5.54 Å². The average Bonchev–Trinajstić information content (AvgIpc) is 2.35. The average molecular weight is 171 g/mol. The number of aromatic nitrogens is 2. The van der Waals surface area contributed by atoms with Gasteiger partial charge in [-0.3, -0.25) is 4.68 Å². The molecule has 2 nitrogen and oxygen atoms in total. The molecule has 0 aromatic carbocycles. The second-order valence-corrected chi connectivity index (χ2v) is 2.83. The van der Waals surface area contributed by atoms with Gasteiger partial charge in [0.2, 0.25) is 0 Å². The fourth-order valence-electron chi connectivity index (χ4n) is 0.841. The zero-order valence-electron chi connectivity index (χ0n) is 6.71. The summed E-state index contributed by atoms with van der Waals surface area (Å²) in [7, 11) is 0. The summed E-state index contributed by atoms with van der Waals surface area (Å²) in [4.78, 5) is 0. The Morgan fingerprint density at radius 3 is 3.00 bits per heavy atom. The quantitative estimate of drug-likeness (QED) is 0.666. The summed E-state index contributed by atoms with van der Waals surface area (Å²) in [5.74, 6) is 0. The van der Waals surface area contributed by atoms with Crippen LogP contribution in [-0.4, -0.2) is 9.78 Å². The molecular weight excluding hydrogens is 160 g/mol. The molecule has 0 amide bonds. The highest BCUT2D eigenvalue weighted by atomic mass is 35.5. The predicted octanol–water partition coefficient (Wildman–Crippen LogP) is 2.33. The lowest BCUT2D eigenvalue weighted by Gasteiger charge is -1.98. The molecule has 11 heavy (non-hydrogen) atoms. The van der Waals surface area contributed by atoms with Crippen LogP contribution in [0, 0.1) is 6.92 Å². The first-order valence-electron chi connectivity index (χ1n) is 3.48. The Bertz CT molecular complexity index is 263. The lowest BCUT2D eigenvalue weighted by atomic mass is 10.3. The zero-order chi connectivity index (χ0) is 8.27. The van der Waals surface area contributed by atoms with Gasteiger partial charge >= 0.3 is 0 Å². The second kappa shape index (κ2) is 3.58. The Hall–Kier alpha value is -0.760. The minimum Gasteiger partial charge on any atom is -0.268 e. The summed E-state index contributed by atoms with van der Waals surface area (Å²) < 4.78 is 1.86. The Morgan fingerprint density at radius 1 is 1.82 bits per heavy atom. The summed E-state index contributed by atoms with van der Waals surface area (Å²) in [6.07, 6.45) is 1.94. The molecule has 1 aromatic rings. The lowest BCUT2D eigenvalue weighted by Crippen LogP contribution is -1.99. The Kier molecular flexibility index (Phi) is 2.71. The molecule has 1 heterocycles. The van der Waals surface area contributed by atoms with Crippen molar-refractivity contribution in [2.45, 2.75) is 20.4 Å². The van der Waals surface area contributed by atoms with Crippen LogP contribution in [0.3, 0.4) is 0 Å². The van der Waals surface area contributed by atoms with Gasteiger partial charge in [0.1, 0.15) is 0 Å². The van der Waals surface area contributed by atoms with Crippen molar-refractivity contribution in [3.63, 3.8) is 0 Å². The number of halogens is 1. The Morgan fingerprint density at radius 2 is 2.55 bits per heavy atom. The molecule has 0 spiro atoms. The molecule has 0 N–H and O–H groups in total. The summed E-state index contributed by atoms with van der Waals surface area (Å²) in [5, 5.41) is 4.22. The second-order valence-electron chi connectivity index (χ2n) is 2.61. The van der Waals surface area contributed by atoms with Crippen molar-refractivity contribution in [3.8, 4) is 0 Å². The fourth-order valence-corrected chi connectivity index (χ4v) is 0.910. The van der Waals surface area contributed by atoms with Gasteiger partial charge in [-0.15, -0.1) is 0 Å². The number of nitrogens with zero attached hydrogens (tertiary/aromatic N) is 2. The third-order valence-corrected chi connectivity index (χ3v) is 1.74. The minimum absolute atomic E-state index is 0.775. The maximum absolute atomic E-state index is 5.51. The van der Waals surface area contributed by atoms with Crippen LogP contribution in [0.4, 0.5) is 0 Å². The highest BCUT2D eigenvalue weighted by Gasteiger charge is 1.93. The molecule has 0 saturated heterocycles. The molecule has 3 heteroatoms. The van der Waals surface area contributed by atoms with Gasteiger partial charge < -0.3 is 0 Å². The van der Waals surface area contributed by atoms with Gasteiger partial charge in [-0.25, -0.2) is 0 Å². The summed E-state index contributed by atoms with van der Waals surface area (Å²) in [6, 6.07) is 1.97. The highest BCUT2D eigenvalue weighted by molar-refractivity contribution is 6.25. The van der Waals surface area contributed by atoms with Crippen LogP contribution in [0.5, 0.6) is 0 Å². The highest BCUT2D eigenvalue weighted by Crippen LogP contribution is 2.00. The van der Waals surface area contributed by atoms with Crippen LogP contribution in [0.25, 0.3) is 0 Å². The van der Waals surface area contributed by atoms with Crippen LogP contribution in [-0.2, 0) is 6.54 Å². The van der Waals surface area contributed by atoms with E-state index in [1.807, 2.05) is 30.8 Å². The molecule has 0 saturated carbocycles. The SMILES string of the molecule is C/C(=C/Cl)Cn1ccc(C)n1. The molecule has 0 bridgehead atoms. The van der Waals surface area contributed by atoms with Gasteiger partial charge in [-0.2, -0.15) is 5.10 Å². The first-order chi connectivity index (χ1) is 5.22. The van der Waals surface area contributed by atoms with Crippen molar-refractivity contribution in [2.75, 3.05) is 0 Å². The van der Waals surface area contributed by atoms with Crippen molar-refractivity contribution < 1.29 is 0 Å². The molecule has 0 aliphatic rings. The first kappa shape index (κ1) is 8.34. The molecule has 0 radical (unpaired) electrons. The fraction of sp³-hybridized carbons (Fsp3) is 0.375. The number of aryl methyl sites for hydroxylation is 1. The Balaban J connectivity index is 2.65. The van der Waals surface area contributed by atoms with Crippen LogP contribution >= 0.6 is 11.6 Å². The van der Waals surface area contributed by atoms with Crippen LogP contribution < -0.4 is 0 Å². The van der Waals surface area contributed by atoms with Crippen LogP contribution in [0.2, 0.25) is 0 Å². The van der Waals surface area contributed by atoms with Crippen molar-refractivity contribution >= 4 is 11.6 Å². The van der Waals surface area contributed by atoms with Crippen molar-refractivity contribution in [3.05, 3.63) is 29.1 Å². The van der Waals surface area contributed by atoms with E-state index in [-0.39, 0.29) is 0 Å². The molecule has 0 atom stereocenters. The summed E-state index contributed by atoms with van der Waals surface area (Å²) in [5.41, 5.74) is 3.72. The van der Waals surface area contributed by atoms with Crippen molar-refractivity contribution in [1.82, 2.24) is 9.78 Å². The normalized spacial score (nSPS) is 12.1. The molecule has 1 aromatic heterocycles. The topological polar surface area (TPSA) is 17.8 Å². The van der Waals surface area contributed by atoms with Gasteiger partial charge in [0.05, 0.1) is 12.2 Å². The van der Waals surface area contributed by atoms with E-state index in [4.69, 9.17) is 11.6 Å². The third-order valence-electron chi connectivity index (χ3n) is 1.37. The molecule has 0 aliphatic heterocycles. The molecular formula is C8H11ClN2. The monoisotopic (exact) mass is 170 g/mol. The number of hydrogen-bond acceptors (Lipinski definition) is 1. The molecule has 60 valence electrons. The lowest BCUT2D eigenvalue weighted by molar-refractivity contribution is 0.671. The summed E-state index contributed by atoms with van der Waals surface area (Å²) >= 11 is 5.51. The van der Waals surface area contributed by atoms with E-state index < -0.39 is 0 Å². The molecule has 0 aliphatic carbocycles. The number of allylic oxidation sites excluding steroid dienone is 1. The minimum atomic E-state index is 0.775. The van der Waals surface area contributed by atoms with Crippen LogP contribution in [0.1, 0.15) is 12.6 Å². The number of rotatable bonds is 2. The standard InChI is InChI=1S/C8H11ClN2/c1-7(5-9)6-11-4-3-8(2)10-11/h3-5H,6H2,1-2H3/b7-5-. The van der Waals surface area contributed by atoms with Gasteiger partial charge in [-0.05, 0) is 25.5 Å². The first-order valence-corrected chi connectivity index (χ1v) is 3.92. The van der Waals surface area contributed by atoms with Gasteiger partial charge in [-0.1, -0.05) is 11.6 Å². The number of hydrogen-bond donors (Lipinski definition) is 0. The van der Waals surface area contributed by atoms with Gasteiger partial charge in [0.25, 0.3) is 0 Å². The Labute approximate surface area is 71.5 Å². The third kappa shape index (κ3) is 2.39. The van der Waals surface area contributed by atoms with E-state index in [9.17, 15) is 0 Å². The van der Waals surface area contributed by atoms with Gasteiger partial charge in [0.15, 0.2) is 0 Å². The van der Waals surface area contributed by atoms with E-state index in [1.165, 1.54) is 0 Å². The maximum atomic E-state index is 5.51. The van der Waals surface area contributed by atoms with E-state index >= 15 is 0 Å². The molecule has 0 unspecified atom stereocenters. The van der Waals surface area contributed by atoms with Crippen molar-refractivity contribution in [1.29, 1.82) is 0 Å². The zero-order valence-corrected chi connectivity index (χ0v) is 7.47. The molecule has 0 fully saturated rings. The predicted molar refractivity (Wildman–Crippen MR) is 46.6 cm³/mol. The van der Waals surface area contributed by atoms with E-state index in [0.717, 1.165) is 17.8 Å². The van der Waals surface area contributed by atoms with Gasteiger partial charge in [0, 0.05) is 11.7 Å². The van der Waals surface area contributed by atoms with E-state index in [0.29, 0.717) is 0 Å². The largest absolute Gasteiger partial charge is 0.268 e. The van der Waals surface area contributed by atoms with Crippen LogP contribution in [0.15, 0.2) is 23.4 Å².